The smallest absolute Gasteiger partial charge is 0.278 e. The first-order chi connectivity index (χ1) is 9.61. The summed E-state index contributed by atoms with van der Waals surface area (Å²) in [5.41, 5.74) is 2.39. The van der Waals surface area contributed by atoms with Gasteiger partial charge < -0.3 is 24.9 Å². The first-order valence-electron chi connectivity index (χ1n) is 6.24. The number of aromatic nitrogens is 1. The number of fused-ring (bicyclic) bond motifs is 2. The number of nitrogens with one attached hydrogen (secondary N) is 1. The fourth-order valence-corrected chi connectivity index (χ4v) is 2.47. The van der Waals surface area contributed by atoms with E-state index in [1.54, 1.807) is 12.0 Å². The minimum Gasteiger partial charge on any atom is -0.502 e. The third-order valence-corrected chi connectivity index (χ3v) is 3.44. The van der Waals surface area contributed by atoms with Crippen molar-refractivity contribution in [3.8, 4) is 5.75 Å². The lowest BCUT2D eigenvalue weighted by Gasteiger charge is -2.43. The zero-order valence-electron chi connectivity index (χ0n) is 10.9. The molecule has 8 nitrogen and oxygen atoms in total. The van der Waals surface area contributed by atoms with E-state index in [-0.39, 0.29) is 18.0 Å². The molecule has 0 bridgehead atoms. The summed E-state index contributed by atoms with van der Waals surface area (Å²) in [6.07, 6.45) is 0.879. The Balaban J connectivity index is 1.95. The predicted molar refractivity (Wildman–Crippen MR) is 68.2 cm³/mol. The molecule has 108 valence electrons. The normalized spacial score (nSPS) is 24.9. The van der Waals surface area contributed by atoms with Gasteiger partial charge in [0.25, 0.3) is 5.91 Å². The molecule has 3 heterocycles. The Hall–Kier alpha value is -2.06. The number of ether oxygens (including phenoxy) is 2. The Morgan fingerprint density at radius 1 is 1.55 bits per heavy atom. The third kappa shape index (κ3) is 1.93. The minimum atomic E-state index is -0.577. The molecule has 0 aliphatic carbocycles. The summed E-state index contributed by atoms with van der Waals surface area (Å²) >= 11 is 0. The van der Waals surface area contributed by atoms with Crippen molar-refractivity contribution in [1.82, 2.24) is 9.58 Å². The minimum absolute atomic E-state index is 0.0492. The van der Waals surface area contributed by atoms with Gasteiger partial charge in [-0.25, -0.2) is 0 Å². The Bertz CT molecular complexity index is 599. The van der Waals surface area contributed by atoms with E-state index in [1.165, 1.54) is 16.9 Å². The number of hydrogen-bond acceptors (Lipinski definition) is 6. The quantitative estimate of drug-likeness (QED) is 0.716. The Morgan fingerprint density at radius 3 is 3.10 bits per heavy atom. The van der Waals surface area contributed by atoms with E-state index in [4.69, 9.17) is 9.47 Å². The number of hydrogen-bond donors (Lipinski definition) is 2. The molecular weight excluding hydrogens is 266 g/mol. The van der Waals surface area contributed by atoms with E-state index in [9.17, 15) is 14.7 Å². The van der Waals surface area contributed by atoms with Crippen LogP contribution in [0.4, 0.5) is 0 Å². The maximum atomic E-state index is 12.4. The van der Waals surface area contributed by atoms with Crippen LogP contribution in [0.15, 0.2) is 17.1 Å². The Morgan fingerprint density at radius 2 is 2.35 bits per heavy atom. The zero-order chi connectivity index (χ0) is 14.3. The second-order valence-electron chi connectivity index (χ2n) is 4.76. The molecule has 0 aromatic carbocycles. The monoisotopic (exact) mass is 281 g/mol. The molecule has 2 aliphatic heterocycles. The number of rotatable bonds is 2. The highest BCUT2D eigenvalue weighted by Gasteiger charge is 2.39. The zero-order valence-corrected chi connectivity index (χ0v) is 10.9. The number of nitrogens with zero attached hydrogens (tertiary/aromatic N) is 2. The fourth-order valence-electron chi connectivity index (χ4n) is 2.47. The van der Waals surface area contributed by atoms with Crippen LogP contribution in [0.25, 0.3) is 0 Å². The van der Waals surface area contributed by atoms with Crippen molar-refractivity contribution in [2.45, 2.75) is 12.3 Å². The van der Waals surface area contributed by atoms with Crippen LogP contribution >= 0.6 is 0 Å². The van der Waals surface area contributed by atoms with Crippen molar-refractivity contribution >= 4 is 5.91 Å². The Labute approximate surface area is 114 Å². The van der Waals surface area contributed by atoms with Crippen molar-refractivity contribution in [1.29, 1.82) is 0 Å². The van der Waals surface area contributed by atoms with Gasteiger partial charge in [-0.2, -0.15) is 0 Å². The summed E-state index contributed by atoms with van der Waals surface area (Å²) in [5, 5.41) is 9.80. The van der Waals surface area contributed by atoms with Gasteiger partial charge in [0.2, 0.25) is 5.43 Å². The van der Waals surface area contributed by atoms with Gasteiger partial charge in [0.15, 0.2) is 11.4 Å². The van der Waals surface area contributed by atoms with Gasteiger partial charge in [-0.15, -0.1) is 0 Å². The van der Waals surface area contributed by atoms with Gasteiger partial charge in [0, 0.05) is 19.4 Å². The predicted octanol–water partition coefficient (Wildman–Crippen LogP) is -1.08. The third-order valence-electron chi connectivity index (χ3n) is 3.44. The van der Waals surface area contributed by atoms with Crippen molar-refractivity contribution in [2.75, 3.05) is 32.3 Å². The SMILES string of the molecule is COCC1CN2C(=O)c3c(O)c(=O)ccn3NC2CO1. The topological polar surface area (TPSA) is 93.0 Å². The molecule has 3 rings (SSSR count). The average molecular weight is 281 g/mol. The maximum Gasteiger partial charge on any atom is 0.278 e. The van der Waals surface area contributed by atoms with Gasteiger partial charge in [0.1, 0.15) is 6.17 Å². The van der Waals surface area contributed by atoms with Crippen molar-refractivity contribution < 1.29 is 19.4 Å². The summed E-state index contributed by atoms with van der Waals surface area (Å²) in [6.45, 7) is 1.03. The fraction of sp³-hybridized carbons (Fsp3) is 0.500. The number of amides is 1. The molecular formula is C12H15N3O5. The molecule has 0 spiro atoms. The molecule has 0 radical (unpaired) electrons. The molecule has 2 N–H and O–H groups in total. The van der Waals surface area contributed by atoms with Crippen LogP contribution in [0, 0.1) is 0 Å². The second-order valence-corrected chi connectivity index (χ2v) is 4.76. The number of methoxy groups -OCH3 is 1. The summed E-state index contributed by atoms with van der Waals surface area (Å²) < 4.78 is 12.0. The van der Waals surface area contributed by atoms with Crippen LogP contribution in [0.3, 0.4) is 0 Å². The summed E-state index contributed by atoms with van der Waals surface area (Å²) in [7, 11) is 1.56. The van der Waals surface area contributed by atoms with Crippen molar-refractivity contribution in [3.05, 3.63) is 28.2 Å². The van der Waals surface area contributed by atoms with Crippen LogP contribution in [0.1, 0.15) is 10.5 Å². The second kappa shape index (κ2) is 4.80. The number of pyridine rings is 1. The number of aromatic hydroxyl groups is 1. The number of carbonyl (C=O) groups excluding carboxylic acids is 1. The molecule has 1 aromatic rings. The van der Waals surface area contributed by atoms with Crippen molar-refractivity contribution in [3.63, 3.8) is 0 Å². The van der Waals surface area contributed by atoms with Gasteiger partial charge in [-0.3, -0.25) is 14.3 Å². The van der Waals surface area contributed by atoms with E-state index in [1.807, 2.05) is 0 Å². The molecule has 0 saturated carbocycles. The van der Waals surface area contributed by atoms with E-state index in [0.717, 1.165) is 0 Å². The Kier molecular flexibility index (Phi) is 3.11. The first-order valence-corrected chi connectivity index (χ1v) is 6.24. The highest BCUT2D eigenvalue weighted by atomic mass is 16.5. The lowest BCUT2D eigenvalue weighted by atomic mass is 10.2. The largest absolute Gasteiger partial charge is 0.502 e. The lowest BCUT2D eigenvalue weighted by Crippen LogP contribution is -2.61. The molecule has 20 heavy (non-hydrogen) atoms. The summed E-state index contributed by atoms with van der Waals surface area (Å²) in [4.78, 5) is 25.4. The molecule has 8 heteroatoms. The van der Waals surface area contributed by atoms with Crippen LogP contribution < -0.4 is 10.9 Å². The van der Waals surface area contributed by atoms with Crippen LogP contribution in [-0.4, -0.2) is 59.7 Å². The molecule has 1 saturated heterocycles. The summed E-state index contributed by atoms with van der Waals surface area (Å²) in [6, 6.07) is 1.20. The summed E-state index contributed by atoms with van der Waals surface area (Å²) in [5.74, 6) is -0.938. The van der Waals surface area contributed by atoms with E-state index < -0.39 is 17.1 Å². The molecule has 1 amide bonds. The van der Waals surface area contributed by atoms with Gasteiger partial charge in [0.05, 0.1) is 25.9 Å². The molecule has 2 unspecified atom stereocenters. The van der Waals surface area contributed by atoms with Crippen molar-refractivity contribution in [2.24, 2.45) is 0 Å². The highest BCUT2D eigenvalue weighted by Crippen LogP contribution is 2.23. The van der Waals surface area contributed by atoms with E-state index >= 15 is 0 Å². The first kappa shape index (κ1) is 12.9. The van der Waals surface area contributed by atoms with Crippen LogP contribution in [-0.2, 0) is 9.47 Å². The van der Waals surface area contributed by atoms with Crippen LogP contribution in [0.5, 0.6) is 5.75 Å². The van der Waals surface area contributed by atoms with Gasteiger partial charge >= 0.3 is 0 Å². The average Bonchev–Trinajstić information content (AvgIpc) is 2.44. The van der Waals surface area contributed by atoms with Crippen LogP contribution in [0.2, 0.25) is 0 Å². The molecule has 1 aromatic heterocycles. The standard InChI is InChI=1S/C12H15N3O5/c1-19-5-7-4-14-9(6-20-7)13-15-3-2-8(16)11(17)10(15)12(14)18/h2-3,7,9,13,17H,4-6H2,1H3. The van der Waals surface area contributed by atoms with E-state index in [0.29, 0.717) is 19.8 Å². The number of carbonyl (C=O) groups is 1. The van der Waals surface area contributed by atoms with Gasteiger partial charge in [-0.05, 0) is 0 Å². The van der Waals surface area contributed by atoms with Gasteiger partial charge in [-0.1, -0.05) is 0 Å². The maximum absolute atomic E-state index is 12.4. The molecule has 2 atom stereocenters. The molecule has 1 fully saturated rings. The van der Waals surface area contributed by atoms with E-state index in [2.05, 4.69) is 5.43 Å². The lowest BCUT2D eigenvalue weighted by molar-refractivity contribution is -0.0768. The number of morpholine rings is 1. The highest BCUT2D eigenvalue weighted by molar-refractivity contribution is 5.96. The molecule has 2 aliphatic rings.